The smallest absolute Gasteiger partial charge is 0.129 e. The van der Waals surface area contributed by atoms with Gasteiger partial charge in [0.15, 0.2) is 0 Å². The third kappa shape index (κ3) is 3.21. The third-order valence-corrected chi connectivity index (χ3v) is 4.63. The van der Waals surface area contributed by atoms with Crippen LogP contribution in [0.2, 0.25) is 0 Å². The molecular weight excluding hydrogens is 253 g/mol. The molecule has 1 aliphatic heterocycles. The minimum absolute atomic E-state index is 0.143. The van der Waals surface area contributed by atoms with Crippen LogP contribution in [0.25, 0.3) is 0 Å². The Labute approximate surface area is 120 Å². The van der Waals surface area contributed by atoms with Crippen molar-refractivity contribution in [1.82, 2.24) is 5.32 Å². The summed E-state index contributed by atoms with van der Waals surface area (Å²) in [5.74, 6) is 0.659. The maximum absolute atomic E-state index is 14.0. The minimum atomic E-state index is -0.149. The Balaban J connectivity index is 1.66. The Bertz CT molecular complexity index is 456. The fraction of sp³-hybridized carbons (Fsp3) is 0.647. The molecule has 1 aliphatic carbocycles. The van der Waals surface area contributed by atoms with Crippen LogP contribution in [0.3, 0.4) is 0 Å². The second kappa shape index (κ2) is 6.23. The molecule has 2 unspecified atom stereocenters. The fourth-order valence-corrected chi connectivity index (χ4v) is 3.55. The zero-order valence-electron chi connectivity index (χ0n) is 12.2. The summed E-state index contributed by atoms with van der Waals surface area (Å²) in [4.78, 5) is 0. The second-order valence-electron chi connectivity index (χ2n) is 6.32. The Kier molecular flexibility index (Phi) is 4.37. The third-order valence-electron chi connectivity index (χ3n) is 4.63. The van der Waals surface area contributed by atoms with Gasteiger partial charge in [0, 0.05) is 18.7 Å². The van der Waals surface area contributed by atoms with Crippen molar-refractivity contribution in [1.29, 1.82) is 0 Å². The van der Waals surface area contributed by atoms with Gasteiger partial charge in [0.2, 0.25) is 0 Å². The molecule has 3 heteroatoms. The zero-order valence-corrected chi connectivity index (χ0v) is 12.2. The van der Waals surface area contributed by atoms with Crippen LogP contribution >= 0.6 is 0 Å². The van der Waals surface area contributed by atoms with Crippen molar-refractivity contribution in [2.45, 2.75) is 51.2 Å². The van der Waals surface area contributed by atoms with Gasteiger partial charge in [-0.25, -0.2) is 4.39 Å². The van der Waals surface area contributed by atoms with Gasteiger partial charge in [-0.2, -0.15) is 0 Å². The van der Waals surface area contributed by atoms with E-state index in [1.54, 1.807) is 6.07 Å². The van der Waals surface area contributed by atoms with Crippen molar-refractivity contribution in [3.8, 4) is 0 Å². The number of nitrogens with one attached hydrogen (secondary N) is 1. The van der Waals surface area contributed by atoms with E-state index in [2.05, 4.69) is 5.32 Å². The lowest BCUT2D eigenvalue weighted by Gasteiger charge is -2.33. The molecule has 2 atom stereocenters. The van der Waals surface area contributed by atoms with Crippen molar-refractivity contribution in [2.75, 3.05) is 13.1 Å². The standard InChI is InChI=1S/C17H24FNO/c1-12-6-7-16(18)15(8-12)17-11-19-10-14(20-17)9-13-4-2-3-5-13/h6-8,13-14,17,19H,2-5,9-11H2,1H3. The average molecular weight is 277 g/mol. The van der Waals surface area contributed by atoms with Gasteiger partial charge in [0.05, 0.1) is 12.2 Å². The Morgan fingerprint density at radius 3 is 2.85 bits per heavy atom. The monoisotopic (exact) mass is 277 g/mol. The first kappa shape index (κ1) is 14.0. The van der Waals surface area contributed by atoms with Crippen molar-refractivity contribution in [2.24, 2.45) is 5.92 Å². The van der Waals surface area contributed by atoms with Crippen molar-refractivity contribution in [3.63, 3.8) is 0 Å². The molecule has 3 rings (SSSR count). The first-order valence-corrected chi connectivity index (χ1v) is 7.84. The lowest BCUT2D eigenvalue weighted by molar-refractivity contribution is -0.0503. The van der Waals surface area contributed by atoms with Gasteiger partial charge >= 0.3 is 0 Å². The normalized spacial score (nSPS) is 27.9. The number of halogens is 1. The molecule has 20 heavy (non-hydrogen) atoms. The Hall–Kier alpha value is -0.930. The summed E-state index contributed by atoms with van der Waals surface area (Å²) in [6.45, 7) is 3.61. The predicted octanol–water partition coefficient (Wildman–Crippen LogP) is 3.74. The average Bonchev–Trinajstić information content (AvgIpc) is 2.95. The molecule has 1 saturated heterocycles. The number of rotatable bonds is 3. The number of aryl methyl sites for hydroxylation is 1. The van der Waals surface area contributed by atoms with Crippen LogP contribution in [0.4, 0.5) is 4.39 Å². The van der Waals surface area contributed by atoms with E-state index >= 15 is 0 Å². The summed E-state index contributed by atoms with van der Waals surface area (Å²) in [7, 11) is 0. The Morgan fingerprint density at radius 2 is 2.05 bits per heavy atom. The lowest BCUT2D eigenvalue weighted by Crippen LogP contribution is -2.41. The predicted molar refractivity (Wildman–Crippen MR) is 78.2 cm³/mol. The van der Waals surface area contributed by atoms with Crippen molar-refractivity contribution < 1.29 is 9.13 Å². The molecule has 0 bridgehead atoms. The van der Waals surface area contributed by atoms with Crippen LogP contribution < -0.4 is 5.32 Å². The van der Waals surface area contributed by atoms with Crippen molar-refractivity contribution >= 4 is 0 Å². The summed E-state index contributed by atoms with van der Waals surface area (Å²) in [5.41, 5.74) is 1.79. The molecule has 2 fully saturated rings. The van der Waals surface area contributed by atoms with Gasteiger partial charge in [-0.3, -0.25) is 0 Å². The first-order chi connectivity index (χ1) is 9.72. The maximum atomic E-state index is 14.0. The van der Waals surface area contributed by atoms with Crippen LogP contribution in [-0.2, 0) is 4.74 Å². The molecule has 1 heterocycles. The van der Waals surface area contributed by atoms with Gasteiger partial charge < -0.3 is 10.1 Å². The highest BCUT2D eigenvalue weighted by Gasteiger charge is 2.28. The number of ether oxygens (including phenoxy) is 1. The summed E-state index contributed by atoms with van der Waals surface area (Å²) in [5, 5.41) is 3.41. The molecule has 0 radical (unpaired) electrons. The molecule has 2 aliphatic rings. The number of morpholine rings is 1. The van der Waals surface area contributed by atoms with E-state index in [1.807, 2.05) is 19.1 Å². The topological polar surface area (TPSA) is 21.3 Å². The van der Waals surface area contributed by atoms with E-state index < -0.39 is 0 Å². The van der Waals surface area contributed by atoms with Crippen LogP contribution in [0.1, 0.15) is 49.3 Å². The highest BCUT2D eigenvalue weighted by atomic mass is 19.1. The molecule has 110 valence electrons. The molecular formula is C17H24FNO. The molecule has 1 aromatic rings. The highest BCUT2D eigenvalue weighted by molar-refractivity contribution is 5.26. The molecule has 1 aromatic carbocycles. The summed E-state index contributed by atoms with van der Waals surface area (Å²) in [6.07, 6.45) is 6.61. The van der Waals surface area contributed by atoms with Crippen LogP contribution in [0.5, 0.6) is 0 Å². The van der Waals surface area contributed by atoms with E-state index in [1.165, 1.54) is 25.7 Å². The SMILES string of the molecule is Cc1ccc(F)c(C2CNCC(CC3CCCC3)O2)c1. The highest BCUT2D eigenvalue weighted by Crippen LogP contribution is 2.32. The summed E-state index contributed by atoms with van der Waals surface area (Å²) in [6, 6.07) is 5.28. The van der Waals surface area contributed by atoms with Crippen LogP contribution in [0, 0.1) is 18.7 Å². The van der Waals surface area contributed by atoms with E-state index in [0.29, 0.717) is 12.1 Å². The molecule has 0 aromatic heterocycles. The second-order valence-corrected chi connectivity index (χ2v) is 6.32. The van der Waals surface area contributed by atoms with E-state index in [4.69, 9.17) is 4.74 Å². The van der Waals surface area contributed by atoms with Gasteiger partial charge in [0.1, 0.15) is 5.82 Å². The van der Waals surface area contributed by atoms with Gasteiger partial charge in [0.25, 0.3) is 0 Å². The molecule has 1 N–H and O–H groups in total. The molecule has 1 saturated carbocycles. The largest absolute Gasteiger partial charge is 0.368 e. The minimum Gasteiger partial charge on any atom is -0.368 e. The first-order valence-electron chi connectivity index (χ1n) is 7.84. The van der Waals surface area contributed by atoms with Gasteiger partial charge in [-0.05, 0) is 25.3 Å². The number of hydrogen-bond acceptors (Lipinski definition) is 2. The summed E-state index contributed by atoms with van der Waals surface area (Å²) >= 11 is 0. The van der Waals surface area contributed by atoms with Gasteiger partial charge in [-0.1, -0.05) is 43.4 Å². The molecule has 2 nitrogen and oxygen atoms in total. The van der Waals surface area contributed by atoms with Gasteiger partial charge in [-0.15, -0.1) is 0 Å². The fourth-order valence-electron chi connectivity index (χ4n) is 3.55. The van der Waals surface area contributed by atoms with E-state index in [0.717, 1.165) is 24.4 Å². The zero-order chi connectivity index (χ0) is 13.9. The number of benzene rings is 1. The lowest BCUT2D eigenvalue weighted by atomic mass is 9.98. The number of hydrogen-bond donors (Lipinski definition) is 1. The molecule has 0 spiro atoms. The molecule has 0 amide bonds. The van der Waals surface area contributed by atoms with E-state index in [-0.39, 0.29) is 18.0 Å². The van der Waals surface area contributed by atoms with Crippen LogP contribution in [0.15, 0.2) is 18.2 Å². The Morgan fingerprint density at radius 1 is 1.25 bits per heavy atom. The van der Waals surface area contributed by atoms with Crippen molar-refractivity contribution in [3.05, 3.63) is 35.1 Å². The summed E-state index contributed by atoms with van der Waals surface area (Å²) < 4.78 is 20.1. The maximum Gasteiger partial charge on any atom is 0.129 e. The van der Waals surface area contributed by atoms with E-state index in [9.17, 15) is 4.39 Å². The quantitative estimate of drug-likeness (QED) is 0.908. The van der Waals surface area contributed by atoms with Crippen LogP contribution in [-0.4, -0.2) is 19.2 Å².